The highest BCUT2D eigenvalue weighted by Crippen LogP contribution is 2.31. The Morgan fingerprint density at radius 3 is 2.43 bits per heavy atom. The van der Waals surface area contributed by atoms with E-state index in [-0.39, 0.29) is 5.56 Å². The van der Waals surface area contributed by atoms with Crippen LogP contribution in [0.5, 0.6) is 17.2 Å². The summed E-state index contributed by atoms with van der Waals surface area (Å²) >= 11 is 6.05. The fraction of sp³-hybridized carbons (Fsp3) is 0.0833. The predicted molar refractivity (Wildman–Crippen MR) is 116 cm³/mol. The van der Waals surface area contributed by atoms with Crippen LogP contribution in [0.4, 0.5) is 0 Å². The molecule has 3 rings (SSSR count). The molecule has 3 aromatic rings. The fourth-order valence-corrected chi connectivity index (χ4v) is 3.02. The molecule has 0 saturated heterocycles. The highest BCUT2D eigenvalue weighted by molar-refractivity contribution is 6.33. The van der Waals surface area contributed by atoms with Gasteiger partial charge in [0.15, 0.2) is 11.5 Å². The van der Waals surface area contributed by atoms with Crippen LogP contribution in [0.3, 0.4) is 0 Å². The third kappa shape index (κ3) is 4.80. The number of ether oxygens (including phenoxy) is 3. The number of halogens is 1. The molecule has 0 aromatic heterocycles. The van der Waals surface area contributed by atoms with Crippen LogP contribution in [-0.2, 0) is 0 Å². The molecular weight excluding hydrogens is 402 g/mol. The van der Waals surface area contributed by atoms with Crippen molar-refractivity contribution in [1.29, 1.82) is 5.26 Å². The number of hydrogen-bond acceptors (Lipinski definition) is 5. The predicted octanol–water partition coefficient (Wildman–Crippen LogP) is 5.64. The van der Waals surface area contributed by atoms with E-state index < -0.39 is 5.97 Å². The summed E-state index contributed by atoms with van der Waals surface area (Å²) in [6.07, 6.45) is 1.70. The Hall–Kier alpha value is -3.75. The number of hydrogen-bond donors (Lipinski definition) is 0. The van der Waals surface area contributed by atoms with E-state index in [1.807, 2.05) is 6.07 Å². The van der Waals surface area contributed by atoms with E-state index in [9.17, 15) is 10.1 Å². The molecule has 0 unspecified atom stereocenters. The molecule has 0 spiro atoms. The Morgan fingerprint density at radius 1 is 0.967 bits per heavy atom. The van der Waals surface area contributed by atoms with Gasteiger partial charge in [-0.2, -0.15) is 5.26 Å². The van der Waals surface area contributed by atoms with Crippen LogP contribution in [0, 0.1) is 11.3 Å². The molecule has 0 aliphatic carbocycles. The minimum atomic E-state index is -0.554. The lowest BCUT2D eigenvalue weighted by atomic mass is 10.0. The molecule has 6 heteroatoms. The molecule has 0 N–H and O–H groups in total. The maximum Gasteiger partial charge on any atom is 0.345 e. The second-order valence-electron chi connectivity index (χ2n) is 6.18. The molecular formula is C24H18ClNO4. The van der Waals surface area contributed by atoms with E-state index in [1.165, 1.54) is 7.11 Å². The van der Waals surface area contributed by atoms with Crippen LogP contribution in [0.2, 0.25) is 5.02 Å². The van der Waals surface area contributed by atoms with Gasteiger partial charge in [0.25, 0.3) is 0 Å². The van der Waals surface area contributed by atoms with Gasteiger partial charge in [0.05, 0.1) is 36.4 Å². The Morgan fingerprint density at radius 2 is 1.73 bits per heavy atom. The SMILES string of the molecule is COc1ccc(/C(C#N)=C\c2cccc(OC(=O)c3ccccc3Cl)c2)cc1OC. The van der Waals surface area contributed by atoms with Crippen molar-refractivity contribution in [1.82, 2.24) is 0 Å². The largest absolute Gasteiger partial charge is 0.493 e. The third-order valence-electron chi connectivity index (χ3n) is 4.29. The van der Waals surface area contributed by atoms with Crippen molar-refractivity contribution < 1.29 is 19.0 Å². The third-order valence-corrected chi connectivity index (χ3v) is 4.62. The summed E-state index contributed by atoms with van der Waals surface area (Å²) in [5.74, 6) is 0.894. The van der Waals surface area contributed by atoms with Gasteiger partial charge in [0, 0.05) is 0 Å². The lowest BCUT2D eigenvalue weighted by molar-refractivity contribution is 0.0735. The fourth-order valence-electron chi connectivity index (χ4n) is 2.81. The minimum absolute atomic E-state index is 0.281. The average molecular weight is 420 g/mol. The number of allylic oxidation sites excluding steroid dienone is 1. The van der Waals surface area contributed by atoms with Gasteiger partial charge in [-0.15, -0.1) is 0 Å². The average Bonchev–Trinajstić information content (AvgIpc) is 2.77. The van der Waals surface area contributed by atoms with Crippen LogP contribution in [0.25, 0.3) is 11.6 Å². The number of benzene rings is 3. The molecule has 0 bridgehead atoms. The normalized spacial score (nSPS) is 10.8. The van der Waals surface area contributed by atoms with Crippen LogP contribution in [0.1, 0.15) is 21.5 Å². The van der Waals surface area contributed by atoms with E-state index >= 15 is 0 Å². The van der Waals surface area contributed by atoms with Crippen molar-refractivity contribution in [2.75, 3.05) is 14.2 Å². The van der Waals surface area contributed by atoms with E-state index in [4.69, 9.17) is 25.8 Å². The lowest BCUT2D eigenvalue weighted by Gasteiger charge is -2.09. The van der Waals surface area contributed by atoms with Gasteiger partial charge in [-0.05, 0) is 59.7 Å². The zero-order valence-electron chi connectivity index (χ0n) is 16.4. The second kappa shape index (κ2) is 9.64. The first-order valence-electron chi connectivity index (χ1n) is 8.96. The van der Waals surface area contributed by atoms with Crippen molar-refractivity contribution in [3.05, 3.63) is 88.4 Å². The molecule has 0 atom stereocenters. The summed E-state index contributed by atoms with van der Waals surface area (Å²) in [5.41, 5.74) is 2.08. The second-order valence-corrected chi connectivity index (χ2v) is 6.59. The topological polar surface area (TPSA) is 68.5 Å². The van der Waals surface area contributed by atoms with Crippen molar-refractivity contribution in [2.45, 2.75) is 0 Å². The summed E-state index contributed by atoms with van der Waals surface area (Å²) in [4.78, 5) is 12.4. The zero-order chi connectivity index (χ0) is 21.5. The minimum Gasteiger partial charge on any atom is -0.493 e. The van der Waals surface area contributed by atoms with E-state index in [0.29, 0.717) is 39.0 Å². The van der Waals surface area contributed by atoms with Crippen molar-refractivity contribution in [2.24, 2.45) is 0 Å². The number of carbonyl (C=O) groups excluding carboxylic acids is 1. The van der Waals surface area contributed by atoms with E-state index in [2.05, 4.69) is 6.07 Å². The summed E-state index contributed by atoms with van der Waals surface area (Å²) in [6, 6.07) is 21.0. The molecule has 3 aromatic carbocycles. The summed E-state index contributed by atoms with van der Waals surface area (Å²) in [6.45, 7) is 0. The van der Waals surface area contributed by atoms with Gasteiger partial charge in [0.2, 0.25) is 0 Å². The molecule has 0 saturated carbocycles. The molecule has 0 amide bonds. The van der Waals surface area contributed by atoms with E-state index in [0.717, 1.165) is 0 Å². The van der Waals surface area contributed by atoms with Crippen LogP contribution in [-0.4, -0.2) is 20.2 Å². The van der Waals surface area contributed by atoms with Crippen molar-refractivity contribution >= 4 is 29.2 Å². The highest BCUT2D eigenvalue weighted by atomic mass is 35.5. The lowest BCUT2D eigenvalue weighted by Crippen LogP contribution is -2.09. The van der Waals surface area contributed by atoms with Crippen molar-refractivity contribution in [3.63, 3.8) is 0 Å². The van der Waals surface area contributed by atoms with Crippen LogP contribution >= 0.6 is 11.6 Å². The first-order chi connectivity index (χ1) is 14.5. The number of methoxy groups -OCH3 is 2. The zero-order valence-corrected chi connectivity index (χ0v) is 17.1. The van der Waals surface area contributed by atoms with Gasteiger partial charge in [0.1, 0.15) is 5.75 Å². The van der Waals surface area contributed by atoms with Crippen molar-refractivity contribution in [3.8, 4) is 23.3 Å². The Balaban J connectivity index is 1.87. The van der Waals surface area contributed by atoms with Gasteiger partial charge in [-0.25, -0.2) is 4.79 Å². The van der Waals surface area contributed by atoms with E-state index in [1.54, 1.807) is 73.8 Å². The Labute approximate surface area is 179 Å². The summed E-state index contributed by atoms with van der Waals surface area (Å²) in [7, 11) is 3.09. The Bertz CT molecular complexity index is 1150. The number of carbonyl (C=O) groups is 1. The van der Waals surface area contributed by atoms with Gasteiger partial charge >= 0.3 is 5.97 Å². The molecule has 0 fully saturated rings. The Kier molecular flexibility index (Phi) is 6.74. The summed E-state index contributed by atoms with van der Waals surface area (Å²) < 4.78 is 16.0. The first-order valence-corrected chi connectivity index (χ1v) is 9.34. The molecule has 0 aliphatic heterocycles. The standard InChI is InChI=1S/C24H18ClNO4/c1-28-22-11-10-17(14-23(22)29-2)18(15-26)12-16-6-5-7-19(13-16)30-24(27)20-8-3-4-9-21(20)25/h3-14H,1-2H3/b18-12-. The number of rotatable bonds is 6. The molecule has 30 heavy (non-hydrogen) atoms. The summed E-state index contributed by atoms with van der Waals surface area (Å²) in [5, 5.41) is 9.95. The highest BCUT2D eigenvalue weighted by Gasteiger charge is 2.13. The molecule has 0 radical (unpaired) electrons. The maximum absolute atomic E-state index is 12.4. The van der Waals surface area contributed by atoms with Crippen LogP contribution in [0.15, 0.2) is 66.7 Å². The number of nitriles is 1. The molecule has 5 nitrogen and oxygen atoms in total. The monoisotopic (exact) mass is 419 g/mol. The number of nitrogens with zero attached hydrogens (tertiary/aromatic N) is 1. The van der Waals surface area contributed by atoms with Gasteiger partial charge in [-0.3, -0.25) is 0 Å². The van der Waals surface area contributed by atoms with Gasteiger partial charge < -0.3 is 14.2 Å². The smallest absolute Gasteiger partial charge is 0.345 e. The first kappa shape index (κ1) is 21.0. The number of esters is 1. The molecule has 0 aliphatic rings. The van der Waals surface area contributed by atoms with Crippen LogP contribution < -0.4 is 14.2 Å². The quantitative estimate of drug-likeness (QED) is 0.224. The molecule has 150 valence electrons. The maximum atomic E-state index is 12.4. The molecule has 0 heterocycles. The van der Waals surface area contributed by atoms with Gasteiger partial charge in [-0.1, -0.05) is 35.9 Å².